The predicted octanol–water partition coefficient (Wildman–Crippen LogP) is 2.68. The molecule has 0 heterocycles. The first kappa shape index (κ1) is 14.8. The summed E-state index contributed by atoms with van der Waals surface area (Å²) in [4.78, 5) is 4.25. The molecule has 0 bridgehead atoms. The zero-order valence-electron chi connectivity index (χ0n) is 12.7. The van der Waals surface area contributed by atoms with Crippen molar-refractivity contribution in [1.29, 1.82) is 0 Å². The topological polar surface area (TPSA) is 36.4 Å². The molecule has 4 heteroatoms. The highest BCUT2D eigenvalue weighted by Gasteiger charge is 2.33. The van der Waals surface area contributed by atoms with Gasteiger partial charge in [-0.25, -0.2) is 4.39 Å². The fraction of sp³-hybridized carbons (Fsp3) is 0.562. The van der Waals surface area contributed by atoms with Gasteiger partial charge in [0.2, 0.25) is 0 Å². The van der Waals surface area contributed by atoms with E-state index in [1.807, 2.05) is 12.1 Å². The third kappa shape index (κ3) is 3.71. The van der Waals surface area contributed by atoms with Gasteiger partial charge in [0.25, 0.3) is 0 Å². The van der Waals surface area contributed by atoms with E-state index in [1.165, 1.54) is 18.6 Å². The minimum absolute atomic E-state index is 0.0829. The number of aliphatic imine (C=N–C) groups is 1. The summed E-state index contributed by atoms with van der Waals surface area (Å²) in [6, 6.07) is 7.26. The Hall–Kier alpha value is -1.58. The largest absolute Gasteiger partial charge is 0.356 e. The van der Waals surface area contributed by atoms with Crippen LogP contribution in [-0.2, 0) is 5.41 Å². The van der Waals surface area contributed by atoms with Crippen LogP contribution >= 0.6 is 0 Å². The number of hydrogen-bond acceptors (Lipinski definition) is 1. The van der Waals surface area contributed by atoms with Gasteiger partial charge in [0.1, 0.15) is 5.82 Å². The molecule has 0 aliphatic heterocycles. The molecule has 20 heavy (non-hydrogen) atoms. The maximum atomic E-state index is 13.0. The summed E-state index contributed by atoms with van der Waals surface area (Å²) in [5.41, 5.74) is 1.03. The van der Waals surface area contributed by atoms with Crippen molar-refractivity contribution >= 4 is 5.96 Å². The average Bonchev–Trinajstić information content (AvgIpc) is 3.10. The number of guanidine groups is 1. The number of rotatable bonds is 4. The van der Waals surface area contributed by atoms with Gasteiger partial charge in [-0.3, -0.25) is 4.99 Å². The molecule has 2 rings (SSSR count). The van der Waals surface area contributed by atoms with Crippen LogP contribution in [0.25, 0.3) is 0 Å². The Morgan fingerprint density at radius 2 is 1.95 bits per heavy atom. The van der Waals surface area contributed by atoms with Crippen molar-refractivity contribution in [2.45, 2.75) is 38.6 Å². The van der Waals surface area contributed by atoms with Gasteiger partial charge in [0.05, 0.1) is 0 Å². The summed E-state index contributed by atoms with van der Waals surface area (Å²) >= 11 is 0. The Morgan fingerprint density at radius 1 is 1.35 bits per heavy atom. The van der Waals surface area contributed by atoms with Gasteiger partial charge in [-0.2, -0.15) is 0 Å². The van der Waals surface area contributed by atoms with Crippen LogP contribution in [0, 0.1) is 11.7 Å². The summed E-state index contributed by atoms with van der Waals surface area (Å²) in [5, 5.41) is 6.76. The fourth-order valence-corrected chi connectivity index (χ4v) is 2.20. The second kappa shape index (κ2) is 5.81. The standard InChI is InChI=1S/C16H24FN3/c1-11-9-14(11)20-15(18-4)19-10-16(2,3)12-5-7-13(17)8-6-12/h5-8,11,14H,9-10H2,1-4H3,(H2,18,19,20). The Bertz CT molecular complexity index is 479. The molecule has 2 unspecified atom stereocenters. The van der Waals surface area contributed by atoms with Crippen molar-refractivity contribution in [3.63, 3.8) is 0 Å². The molecule has 2 N–H and O–H groups in total. The van der Waals surface area contributed by atoms with E-state index < -0.39 is 0 Å². The number of hydrogen-bond donors (Lipinski definition) is 2. The zero-order chi connectivity index (χ0) is 14.8. The van der Waals surface area contributed by atoms with Crippen molar-refractivity contribution in [3.05, 3.63) is 35.6 Å². The first-order valence-electron chi connectivity index (χ1n) is 7.15. The molecule has 0 radical (unpaired) electrons. The van der Waals surface area contributed by atoms with E-state index >= 15 is 0 Å². The predicted molar refractivity (Wildman–Crippen MR) is 81.5 cm³/mol. The minimum Gasteiger partial charge on any atom is -0.356 e. The lowest BCUT2D eigenvalue weighted by molar-refractivity contribution is 0.506. The third-order valence-corrected chi connectivity index (χ3v) is 3.98. The van der Waals surface area contributed by atoms with Gasteiger partial charge < -0.3 is 10.6 Å². The molecule has 3 nitrogen and oxygen atoms in total. The zero-order valence-corrected chi connectivity index (χ0v) is 12.7. The second-order valence-electron chi connectivity index (χ2n) is 6.28. The van der Waals surface area contributed by atoms with E-state index in [-0.39, 0.29) is 11.2 Å². The van der Waals surface area contributed by atoms with E-state index in [0.29, 0.717) is 6.04 Å². The molecule has 1 aliphatic rings. The Balaban J connectivity index is 1.92. The molecule has 0 saturated heterocycles. The molecule has 1 aromatic rings. The van der Waals surface area contributed by atoms with Gasteiger partial charge in [-0.15, -0.1) is 0 Å². The van der Waals surface area contributed by atoms with Crippen molar-refractivity contribution in [3.8, 4) is 0 Å². The third-order valence-electron chi connectivity index (χ3n) is 3.98. The molecule has 2 atom stereocenters. The summed E-state index contributed by atoms with van der Waals surface area (Å²) in [5.74, 6) is 1.38. The molecule has 0 spiro atoms. The van der Waals surface area contributed by atoms with Gasteiger partial charge in [-0.05, 0) is 30.0 Å². The molecule has 1 aliphatic carbocycles. The lowest BCUT2D eigenvalue weighted by Gasteiger charge is -2.26. The Labute approximate surface area is 120 Å². The number of nitrogens with zero attached hydrogens (tertiary/aromatic N) is 1. The number of nitrogens with one attached hydrogen (secondary N) is 2. The SMILES string of the molecule is CN=C(NCC(C)(C)c1ccc(F)cc1)NC1CC1C. The van der Waals surface area contributed by atoms with Gasteiger partial charge in [0.15, 0.2) is 5.96 Å². The van der Waals surface area contributed by atoms with E-state index in [1.54, 1.807) is 7.05 Å². The van der Waals surface area contributed by atoms with Crippen LogP contribution in [0.4, 0.5) is 4.39 Å². The Morgan fingerprint density at radius 3 is 2.45 bits per heavy atom. The summed E-state index contributed by atoms with van der Waals surface area (Å²) in [7, 11) is 1.78. The maximum Gasteiger partial charge on any atom is 0.191 e. The quantitative estimate of drug-likeness (QED) is 0.656. The lowest BCUT2D eigenvalue weighted by atomic mass is 9.84. The second-order valence-corrected chi connectivity index (χ2v) is 6.28. The van der Waals surface area contributed by atoms with Crippen LogP contribution in [0.1, 0.15) is 32.8 Å². The van der Waals surface area contributed by atoms with E-state index in [2.05, 4.69) is 36.4 Å². The first-order valence-corrected chi connectivity index (χ1v) is 7.15. The lowest BCUT2D eigenvalue weighted by Crippen LogP contribution is -2.44. The summed E-state index contributed by atoms with van der Waals surface area (Å²) < 4.78 is 13.0. The molecule has 0 amide bonds. The summed E-state index contributed by atoms with van der Waals surface area (Å²) in [6.07, 6.45) is 1.21. The number of halogens is 1. The molecular weight excluding hydrogens is 253 g/mol. The van der Waals surface area contributed by atoms with E-state index in [0.717, 1.165) is 24.0 Å². The van der Waals surface area contributed by atoms with Crippen molar-refractivity contribution in [1.82, 2.24) is 10.6 Å². The van der Waals surface area contributed by atoms with Crippen LogP contribution in [0.15, 0.2) is 29.3 Å². The summed E-state index contributed by atoms with van der Waals surface area (Å²) in [6.45, 7) is 7.26. The van der Waals surface area contributed by atoms with Crippen molar-refractivity contribution in [2.24, 2.45) is 10.9 Å². The van der Waals surface area contributed by atoms with Crippen LogP contribution in [0.5, 0.6) is 0 Å². The molecule has 1 saturated carbocycles. The average molecular weight is 277 g/mol. The molecule has 110 valence electrons. The van der Waals surface area contributed by atoms with Crippen LogP contribution in [0.2, 0.25) is 0 Å². The normalized spacial score (nSPS) is 22.6. The molecule has 1 fully saturated rings. The van der Waals surface area contributed by atoms with Crippen molar-refractivity contribution < 1.29 is 4.39 Å². The van der Waals surface area contributed by atoms with Gasteiger partial charge in [-0.1, -0.05) is 32.9 Å². The highest BCUT2D eigenvalue weighted by atomic mass is 19.1. The highest BCUT2D eigenvalue weighted by molar-refractivity contribution is 5.80. The van der Waals surface area contributed by atoms with Gasteiger partial charge >= 0.3 is 0 Å². The first-order chi connectivity index (χ1) is 9.42. The molecule has 1 aromatic carbocycles. The smallest absolute Gasteiger partial charge is 0.191 e. The molecule has 0 aromatic heterocycles. The fourth-order valence-electron chi connectivity index (χ4n) is 2.20. The van der Waals surface area contributed by atoms with E-state index in [4.69, 9.17) is 0 Å². The van der Waals surface area contributed by atoms with Crippen molar-refractivity contribution in [2.75, 3.05) is 13.6 Å². The Kier molecular flexibility index (Phi) is 4.31. The molecular formula is C16H24FN3. The monoisotopic (exact) mass is 277 g/mol. The minimum atomic E-state index is -0.197. The van der Waals surface area contributed by atoms with Crippen LogP contribution in [-0.4, -0.2) is 25.6 Å². The van der Waals surface area contributed by atoms with Crippen LogP contribution < -0.4 is 10.6 Å². The van der Waals surface area contributed by atoms with Crippen LogP contribution in [0.3, 0.4) is 0 Å². The highest BCUT2D eigenvalue weighted by Crippen LogP contribution is 2.28. The maximum absolute atomic E-state index is 13.0. The van der Waals surface area contributed by atoms with E-state index in [9.17, 15) is 4.39 Å². The number of benzene rings is 1. The van der Waals surface area contributed by atoms with Gasteiger partial charge in [0, 0.05) is 25.0 Å².